The van der Waals surface area contributed by atoms with E-state index in [1.54, 1.807) is 6.08 Å². The molecule has 0 saturated heterocycles. The van der Waals surface area contributed by atoms with E-state index in [9.17, 15) is 0 Å². The van der Waals surface area contributed by atoms with Crippen molar-refractivity contribution in [2.24, 2.45) is 5.73 Å². The second-order valence-corrected chi connectivity index (χ2v) is 4.56. The predicted molar refractivity (Wildman–Crippen MR) is 71.9 cm³/mol. The van der Waals surface area contributed by atoms with Crippen LogP contribution in [0.1, 0.15) is 29.5 Å². The predicted octanol–water partition coefficient (Wildman–Crippen LogP) is 2.61. The normalized spacial score (nSPS) is 17.3. The standard InChI is InChI=1S/C15H16N2/c1-3-15(7-8-15)13-5-4-11(2)10-12(13)14(17)6-9-16/h1,4-6,9-10,16H,7-8,17H2,2H3/b14-6-,16-9?. The van der Waals surface area contributed by atoms with Crippen molar-refractivity contribution in [1.82, 2.24) is 0 Å². The number of nitrogens with two attached hydrogens (primary N) is 1. The molecule has 1 aromatic rings. The quantitative estimate of drug-likeness (QED) is 0.601. The van der Waals surface area contributed by atoms with E-state index >= 15 is 0 Å². The van der Waals surface area contributed by atoms with Crippen molar-refractivity contribution >= 4 is 11.9 Å². The van der Waals surface area contributed by atoms with Crippen LogP contribution >= 0.6 is 0 Å². The average Bonchev–Trinajstić information content (AvgIpc) is 3.10. The fourth-order valence-electron chi connectivity index (χ4n) is 2.11. The molecule has 2 nitrogen and oxygen atoms in total. The molecule has 1 fully saturated rings. The molecule has 0 bridgehead atoms. The molecule has 0 unspecified atom stereocenters. The molecule has 86 valence electrons. The molecule has 1 aliphatic rings. The molecule has 0 heterocycles. The van der Waals surface area contributed by atoms with Gasteiger partial charge in [0.25, 0.3) is 0 Å². The van der Waals surface area contributed by atoms with Crippen LogP contribution in [0, 0.1) is 24.7 Å². The monoisotopic (exact) mass is 224 g/mol. The molecular formula is C15H16N2. The molecule has 0 aromatic heterocycles. The number of benzene rings is 1. The second-order valence-electron chi connectivity index (χ2n) is 4.56. The molecule has 1 saturated carbocycles. The highest BCUT2D eigenvalue weighted by molar-refractivity contribution is 5.83. The maximum atomic E-state index is 7.10. The zero-order valence-electron chi connectivity index (χ0n) is 9.96. The number of rotatable bonds is 3. The van der Waals surface area contributed by atoms with E-state index < -0.39 is 0 Å². The number of terminal acetylenes is 1. The smallest absolute Gasteiger partial charge is 0.0568 e. The first kappa shape index (κ1) is 11.5. The van der Waals surface area contributed by atoms with Crippen LogP contribution in [0.25, 0.3) is 5.70 Å². The highest BCUT2D eigenvalue weighted by Gasteiger charge is 2.44. The Morgan fingerprint density at radius 3 is 2.76 bits per heavy atom. The van der Waals surface area contributed by atoms with Crippen LogP contribution < -0.4 is 5.73 Å². The molecule has 1 aliphatic carbocycles. The van der Waals surface area contributed by atoms with Gasteiger partial charge in [-0.05, 0) is 37.5 Å². The molecular weight excluding hydrogens is 208 g/mol. The maximum Gasteiger partial charge on any atom is 0.0568 e. The molecule has 0 spiro atoms. The van der Waals surface area contributed by atoms with Crippen LogP contribution in [0.2, 0.25) is 0 Å². The fraction of sp³-hybridized carbons (Fsp3) is 0.267. The van der Waals surface area contributed by atoms with Crippen molar-refractivity contribution in [1.29, 1.82) is 5.41 Å². The third kappa shape index (κ3) is 1.97. The minimum atomic E-state index is -0.122. The number of hydrogen-bond donors (Lipinski definition) is 2. The van der Waals surface area contributed by atoms with Gasteiger partial charge in [-0.2, -0.15) is 0 Å². The molecule has 17 heavy (non-hydrogen) atoms. The summed E-state index contributed by atoms with van der Waals surface area (Å²) in [5, 5.41) is 7.10. The molecule has 0 atom stereocenters. The summed E-state index contributed by atoms with van der Waals surface area (Å²) < 4.78 is 0. The van der Waals surface area contributed by atoms with E-state index in [0.29, 0.717) is 5.70 Å². The van der Waals surface area contributed by atoms with Gasteiger partial charge < -0.3 is 11.1 Å². The third-order valence-electron chi connectivity index (χ3n) is 3.29. The lowest BCUT2D eigenvalue weighted by Gasteiger charge is -2.15. The lowest BCUT2D eigenvalue weighted by Crippen LogP contribution is -2.10. The molecule has 0 aliphatic heterocycles. The van der Waals surface area contributed by atoms with Gasteiger partial charge in [0.15, 0.2) is 0 Å². The van der Waals surface area contributed by atoms with E-state index in [0.717, 1.165) is 29.5 Å². The summed E-state index contributed by atoms with van der Waals surface area (Å²) in [5.74, 6) is 2.89. The topological polar surface area (TPSA) is 49.9 Å². The Hall–Kier alpha value is -2.01. The van der Waals surface area contributed by atoms with Crippen LogP contribution in [-0.2, 0) is 5.41 Å². The van der Waals surface area contributed by atoms with Crippen LogP contribution in [-0.4, -0.2) is 6.21 Å². The molecule has 0 radical (unpaired) electrons. The number of aryl methyl sites for hydroxylation is 1. The number of hydrogen-bond acceptors (Lipinski definition) is 2. The van der Waals surface area contributed by atoms with Crippen molar-refractivity contribution in [2.45, 2.75) is 25.2 Å². The van der Waals surface area contributed by atoms with E-state index in [2.05, 4.69) is 18.1 Å². The Morgan fingerprint density at radius 1 is 1.53 bits per heavy atom. The first-order valence-electron chi connectivity index (χ1n) is 5.68. The zero-order valence-corrected chi connectivity index (χ0v) is 9.96. The van der Waals surface area contributed by atoms with Gasteiger partial charge >= 0.3 is 0 Å². The summed E-state index contributed by atoms with van der Waals surface area (Å²) in [6.07, 6.45) is 10.5. The molecule has 3 N–H and O–H groups in total. The largest absolute Gasteiger partial charge is 0.398 e. The van der Waals surface area contributed by atoms with Gasteiger partial charge in [-0.1, -0.05) is 23.6 Å². The Kier molecular flexibility index (Phi) is 2.77. The van der Waals surface area contributed by atoms with Crippen LogP contribution in [0.4, 0.5) is 0 Å². The highest BCUT2D eigenvalue weighted by Crippen LogP contribution is 2.49. The van der Waals surface area contributed by atoms with Gasteiger partial charge in [-0.15, -0.1) is 6.42 Å². The SMILES string of the molecule is C#CC1(c2ccc(C)cc2/C(N)=C/C=N)CC1. The summed E-state index contributed by atoms with van der Waals surface area (Å²) in [6, 6.07) is 6.18. The summed E-state index contributed by atoms with van der Waals surface area (Å²) >= 11 is 0. The van der Waals surface area contributed by atoms with Crippen molar-refractivity contribution < 1.29 is 0 Å². The van der Waals surface area contributed by atoms with Gasteiger partial charge in [0.1, 0.15) is 0 Å². The van der Waals surface area contributed by atoms with Crippen molar-refractivity contribution in [2.75, 3.05) is 0 Å². The average molecular weight is 224 g/mol. The lowest BCUT2D eigenvalue weighted by molar-refractivity contribution is 0.923. The Labute approximate surface area is 102 Å². The molecule has 2 heteroatoms. The van der Waals surface area contributed by atoms with Crippen molar-refractivity contribution in [3.63, 3.8) is 0 Å². The van der Waals surface area contributed by atoms with E-state index in [-0.39, 0.29) is 5.41 Å². The van der Waals surface area contributed by atoms with Gasteiger partial charge in [-0.3, -0.25) is 0 Å². The zero-order chi connectivity index (χ0) is 12.5. The van der Waals surface area contributed by atoms with E-state index in [1.807, 2.05) is 13.0 Å². The molecule has 1 aromatic carbocycles. The van der Waals surface area contributed by atoms with Crippen molar-refractivity contribution in [3.05, 3.63) is 41.0 Å². The minimum absolute atomic E-state index is 0.122. The molecule has 0 amide bonds. The van der Waals surface area contributed by atoms with Gasteiger partial charge in [0, 0.05) is 17.5 Å². The lowest BCUT2D eigenvalue weighted by atomic mass is 9.89. The second kappa shape index (κ2) is 4.10. The van der Waals surface area contributed by atoms with Crippen LogP contribution in [0.15, 0.2) is 24.3 Å². The number of allylic oxidation sites excluding steroid dienone is 1. The first-order valence-corrected chi connectivity index (χ1v) is 5.68. The van der Waals surface area contributed by atoms with Gasteiger partial charge in [0.2, 0.25) is 0 Å². The van der Waals surface area contributed by atoms with E-state index in [1.165, 1.54) is 6.21 Å². The van der Waals surface area contributed by atoms with Crippen molar-refractivity contribution in [3.8, 4) is 12.3 Å². The van der Waals surface area contributed by atoms with Crippen LogP contribution in [0.3, 0.4) is 0 Å². The first-order chi connectivity index (χ1) is 8.13. The Balaban J connectivity index is 2.57. The maximum absolute atomic E-state index is 7.10. The van der Waals surface area contributed by atoms with E-state index in [4.69, 9.17) is 17.6 Å². The summed E-state index contributed by atoms with van der Waals surface area (Å²) in [7, 11) is 0. The van der Waals surface area contributed by atoms with Gasteiger partial charge in [0.05, 0.1) is 5.41 Å². The summed E-state index contributed by atoms with van der Waals surface area (Å²) in [4.78, 5) is 0. The number of nitrogens with one attached hydrogen (secondary N) is 1. The van der Waals surface area contributed by atoms with Crippen LogP contribution in [0.5, 0.6) is 0 Å². The molecule has 2 rings (SSSR count). The summed E-state index contributed by atoms with van der Waals surface area (Å²) in [5.41, 5.74) is 9.74. The minimum Gasteiger partial charge on any atom is -0.398 e. The highest BCUT2D eigenvalue weighted by atomic mass is 14.6. The Bertz CT molecular complexity index is 528. The third-order valence-corrected chi connectivity index (χ3v) is 3.29. The summed E-state index contributed by atoms with van der Waals surface area (Å²) in [6.45, 7) is 2.03. The Morgan fingerprint density at radius 2 is 2.24 bits per heavy atom. The van der Waals surface area contributed by atoms with Gasteiger partial charge in [-0.25, -0.2) is 0 Å². The fourth-order valence-corrected chi connectivity index (χ4v) is 2.11.